The Morgan fingerprint density at radius 2 is 2.44 bits per heavy atom. The Balaban J connectivity index is 2.41. The Kier molecular flexibility index (Phi) is 5.40. The van der Waals surface area contributed by atoms with Gasteiger partial charge in [0.05, 0.1) is 0 Å². The highest BCUT2D eigenvalue weighted by Gasteiger charge is 2.14. The lowest BCUT2D eigenvalue weighted by Crippen LogP contribution is -2.39. The summed E-state index contributed by atoms with van der Waals surface area (Å²) in [5, 5.41) is 2.05. The first kappa shape index (κ1) is 13.6. The summed E-state index contributed by atoms with van der Waals surface area (Å²) < 4.78 is 1.11. The first-order valence-corrected chi connectivity index (χ1v) is 6.62. The van der Waals surface area contributed by atoms with E-state index in [-0.39, 0.29) is 11.8 Å². The summed E-state index contributed by atoms with van der Waals surface area (Å²) in [5.41, 5.74) is 2.17. The van der Waals surface area contributed by atoms with Crippen molar-refractivity contribution in [2.75, 3.05) is 13.6 Å². The number of nitrogens with one attached hydrogen (secondary N) is 1. The molecule has 1 heterocycles. The van der Waals surface area contributed by atoms with Crippen molar-refractivity contribution < 1.29 is 4.79 Å². The number of hydrogen-bond acceptors (Lipinski definition) is 4. The lowest BCUT2D eigenvalue weighted by atomic mass is 10.1. The molecule has 0 radical (unpaired) electrons. The summed E-state index contributed by atoms with van der Waals surface area (Å²) in [6.07, 6.45) is 0. The standard InChI is InChI=1S/C10H16BrN3OS/c1-7(10(15)13-12)4-14(2)5-9-3-8(11)6-16-9/h3,6-7H,4-5,12H2,1-2H3,(H,13,15). The molecule has 1 amide bonds. The molecule has 3 N–H and O–H groups in total. The number of amides is 1. The number of carbonyl (C=O) groups is 1. The summed E-state index contributed by atoms with van der Waals surface area (Å²) in [5.74, 6) is 4.86. The third kappa shape index (κ3) is 4.21. The molecule has 0 bridgehead atoms. The maximum absolute atomic E-state index is 11.2. The Morgan fingerprint density at radius 1 is 1.75 bits per heavy atom. The van der Waals surface area contributed by atoms with Crippen LogP contribution in [0.3, 0.4) is 0 Å². The lowest BCUT2D eigenvalue weighted by Gasteiger charge is -2.19. The molecule has 0 aliphatic rings. The van der Waals surface area contributed by atoms with Crippen molar-refractivity contribution in [3.8, 4) is 0 Å². The number of carbonyl (C=O) groups excluding carboxylic acids is 1. The molecule has 1 aromatic rings. The third-order valence-electron chi connectivity index (χ3n) is 2.22. The highest BCUT2D eigenvalue weighted by atomic mass is 79.9. The van der Waals surface area contributed by atoms with Crippen LogP contribution in [0.4, 0.5) is 0 Å². The fraction of sp³-hybridized carbons (Fsp3) is 0.500. The largest absolute Gasteiger partial charge is 0.301 e. The van der Waals surface area contributed by atoms with Gasteiger partial charge in [0.15, 0.2) is 0 Å². The summed E-state index contributed by atoms with van der Waals surface area (Å²) in [4.78, 5) is 14.6. The molecule has 90 valence electrons. The van der Waals surface area contributed by atoms with Gasteiger partial charge in [-0.3, -0.25) is 10.2 Å². The number of halogens is 1. The van der Waals surface area contributed by atoms with Gasteiger partial charge in [-0.25, -0.2) is 5.84 Å². The fourth-order valence-corrected chi connectivity index (χ4v) is 2.99. The van der Waals surface area contributed by atoms with Gasteiger partial charge in [0.25, 0.3) is 0 Å². The smallest absolute Gasteiger partial charge is 0.237 e. The average Bonchev–Trinajstić information content (AvgIpc) is 2.62. The third-order valence-corrected chi connectivity index (χ3v) is 3.91. The molecule has 1 atom stereocenters. The Morgan fingerprint density at radius 3 is 2.94 bits per heavy atom. The van der Waals surface area contributed by atoms with Crippen molar-refractivity contribution in [2.24, 2.45) is 11.8 Å². The molecule has 0 aliphatic carbocycles. The average molecular weight is 306 g/mol. The second kappa shape index (κ2) is 6.34. The van der Waals surface area contributed by atoms with Gasteiger partial charge < -0.3 is 4.90 Å². The van der Waals surface area contributed by atoms with Gasteiger partial charge in [0, 0.05) is 33.7 Å². The van der Waals surface area contributed by atoms with E-state index >= 15 is 0 Å². The fourth-order valence-electron chi connectivity index (χ4n) is 1.46. The summed E-state index contributed by atoms with van der Waals surface area (Å²) >= 11 is 5.12. The van der Waals surface area contributed by atoms with E-state index in [9.17, 15) is 4.79 Å². The van der Waals surface area contributed by atoms with E-state index in [0.717, 1.165) is 11.0 Å². The molecular weight excluding hydrogens is 290 g/mol. The molecule has 0 aliphatic heterocycles. The Hall–Kier alpha value is -0.430. The topological polar surface area (TPSA) is 58.4 Å². The van der Waals surface area contributed by atoms with E-state index in [1.54, 1.807) is 11.3 Å². The van der Waals surface area contributed by atoms with Gasteiger partial charge in [0.2, 0.25) is 5.91 Å². The van der Waals surface area contributed by atoms with E-state index in [1.807, 2.05) is 14.0 Å². The minimum absolute atomic E-state index is 0.0987. The van der Waals surface area contributed by atoms with E-state index in [4.69, 9.17) is 5.84 Å². The van der Waals surface area contributed by atoms with Crippen LogP contribution in [0.15, 0.2) is 15.9 Å². The van der Waals surface area contributed by atoms with Gasteiger partial charge in [-0.1, -0.05) is 6.92 Å². The number of thiophene rings is 1. The van der Waals surface area contributed by atoms with E-state index in [1.165, 1.54) is 4.88 Å². The number of nitrogens with zero attached hydrogens (tertiary/aromatic N) is 1. The first-order chi connectivity index (χ1) is 7.52. The molecule has 1 rings (SSSR count). The Labute approximate surface area is 108 Å². The van der Waals surface area contributed by atoms with Crippen molar-refractivity contribution >= 4 is 33.2 Å². The molecule has 4 nitrogen and oxygen atoms in total. The van der Waals surface area contributed by atoms with E-state index < -0.39 is 0 Å². The van der Waals surface area contributed by atoms with Gasteiger partial charge in [-0.15, -0.1) is 11.3 Å². The number of nitrogens with two attached hydrogens (primary N) is 1. The summed E-state index contributed by atoms with van der Waals surface area (Å²) in [6, 6.07) is 2.09. The van der Waals surface area contributed by atoms with Gasteiger partial charge in [-0.05, 0) is 29.0 Å². The first-order valence-electron chi connectivity index (χ1n) is 4.95. The van der Waals surface area contributed by atoms with E-state index in [2.05, 4.69) is 37.7 Å². The Bertz CT molecular complexity index is 356. The van der Waals surface area contributed by atoms with Crippen LogP contribution in [0.2, 0.25) is 0 Å². The quantitative estimate of drug-likeness (QED) is 0.493. The predicted molar refractivity (Wildman–Crippen MR) is 69.8 cm³/mol. The zero-order valence-electron chi connectivity index (χ0n) is 9.37. The summed E-state index contributed by atoms with van der Waals surface area (Å²) in [6.45, 7) is 3.40. The van der Waals surface area contributed by atoms with Crippen LogP contribution in [-0.4, -0.2) is 24.4 Å². The van der Waals surface area contributed by atoms with Crippen LogP contribution in [0.25, 0.3) is 0 Å². The SMILES string of the molecule is CC(CN(C)Cc1cc(Br)cs1)C(=O)NN. The van der Waals surface area contributed by atoms with Crippen molar-refractivity contribution in [1.29, 1.82) is 0 Å². The maximum Gasteiger partial charge on any atom is 0.237 e. The minimum atomic E-state index is -0.126. The molecular formula is C10H16BrN3OS. The molecule has 0 fully saturated rings. The second-order valence-electron chi connectivity index (χ2n) is 3.84. The van der Waals surface area contributed by atoms with Crippen molar-refractivity contribution in [3.63, 3.8) is 0 Å². The minimum Gasteiger partial charge on any atom is -0.301 e. The highest BCUT2D eigenvalue weighted by Crippen LogP contribution is 2.20. The van der Waals surface area contributed by atoms with Gasteiger partial charge >= 0.3 is 0 Å². The molecule has 0 saturated carbocycles. The van der Waals surface area contributed by atoms with Gasteiger partial charge in [-0.2, -0.15) is 0 Å². The normalized spacial score (nSPS) is 12.8. The lowest BCUT2D eigenvalue weighted by molar-refractivity contribution is -0.125. The molecule has 0 saturated heterocycles. The second-order valence-corrected chi connectivity index (χ2v) is 5.75. The zero-order chi connectivity index (χ0) is 12.1. The zero-order valence-corrected chi connectivity index (χ0v) is 11.8. The highest BCUT2D eigenvalue weighted by molar-refractivity contribution is 9.10. The van der Waals surface area contributed by atoms with Crippen molar-refractivity contribution in [1.82, 2.24) is 10.3 Å². The number of hydrogen-bond donors (Lipinski definition) is 2. The number of hydrazine groups is 1. The summed E-state index contributed by atoms with van der Waals surface area (Å²) in [7, 11) is 1.99. The predicted octanol–water partition coefficient (Wildman–Crippen LogP) is 1.57. The van der Waals surface area contributed by atoms with Crippen LogP contribution in [0.5, 0.6) is 0 Å². The molecule has 1 aromatic heterocycles. The van der Waals surface area contributed by atoms with Crippen LogP contribution in [0, 0.1) is 5.92 Å². The van der Waals surface area contributed by atoms with E-state index in [0.29, 0.717) is 6.54 Å². The van der Waals surface area contributed by atoms with Crippen molar-refractivity contribution in [2.45, 2.75) is 13.5 Å². The molecule has 0 aromatic carbocycles. The number of rotatable bonds is 5. The van der Waals surface area contributed by atoms with Crippen LogP contribution < -0.4 is 11.3 Å². The van der Waals surface area contributed by atoms with Gasteiger partial charge in [0.1, 0.15) is 0 Å². The molecule has 0 spiro atoms. The molecule has 16 heavy (non-hydrogen) atoms. The molecule has 1 unspecified atom stereocenters. The monoisotopic (exact) mass is 305 g/mol. The van der Waals surface area contributed by atoms with Crippen LogP contribution in [0.1, 0.15) is 11.8 Å². The molecule has 6 heteroatoms. The van der Waals surface area contributed by atoms with Crippen LogP contribution >= 0.6 is 27.3 Å². The maximum atomic E-state index is 11.2. The van der Waals surface area contributed by atoms with Crippen molar-refractivity contribution in [3.05, 3.63) is 20.8 Å². The van der Waals surface area contributed by atoms with Crippen LogP contribution in [-0.2, 0) is 11.3 Å².